The summed E-state index contributed by atoms with van der Waals surface area (Å²) in [5.74, 6) is -0.165. The average Bonchev–Trinajstić information content (AvgIpc) is 2.37. The van der Waals surface area contributed by atoms with Gasteiger partial charge in [0, 0.05) is 6.54 Å². The van der Waals surface area contributed by atoms with E-state index >= 15 is 0 Å². The van der Waals surface area contributed by atoms with E-state index in [4.69, 9.17) is 0 Å². The van der Waals surface area contributed by atoms with Crippen LogP contribution in [0.15, 0.2) is 18.2 Å². The molecule has 0 atom stereocenters. The van der Waals surface area contributed by atoms with E-state index in [0.29, 0.717) is 6.54 Å². The highest BCUT2D eigenvalue weighted by atomic mass is 19.1. The molecule has 19 heavy (non-hydrogen) atoms. The first-order valence-corrected chi connectivity index (χ1v) is 7.00. The molecule has 0 spiro atoms. The third kappa shape index (κ3) is 6.89. The first-order valence-electron chi connectivity index (χ1n) is 7.00. The van der Waals surface area contributed by atoms with Crippen LogP contribution in [0.5, 0.6) is 0 Å². The van der Waals surface area contributed by atoms with Gasteiger partial charge in [-0.1, -0.05) is 45.6 Å². The van der Waals surface area contributed by atoms with Crippen LogP contribution in [0.4, 0.5) is 4.39 Å². The van der Waals surface area contributed by atoms with Gasteiger partial charge in [0.05, 0.1) is 0 Å². The van der Waals surface area contributed by atoms with Gasteiger partial charge in [-0.2, -0.15) is 4.39 Å². The fraction of sp³-hybridized carbons (Fsp3) is 0.600. The molecule has 0 saturated heterocycles. The number of amides is 1. The van der Waals surface area contributed by atoms with E-state index in [0.717, 1.165) is 18.8 Å². The van der Waals surface area contributed by atoms with Gasteiger partial charge in [-0.05, 0) is 24.5 Å². The van der Waals surface area contributed by atoms with Crippen molar-refractivity contribution in [3.8, 4) is 0 Å². The molecule has 0 unspecified atom stereocenters. The lowest BCUT2D eigenvalue weighted by atomic mass is 10.0. The number of pyridine rings is 1. The third-order valence-corrected chi connectivity index (χ3v) is 2.94. The van der Waals surface area contributed by atoms with E-state index < -0.39 is 5.95 Å². The zero-order valence-corrected chi connectivity index (χ0v) is 11.8. The Hall–Kier alpha value is -1.45. The Bertz CT molecular complexity index is 393. The molecule has 1 rings (SSSR count). The predicted molar refractivity (Wildman–Crippen MR) is 74.5 cm³/mol. The Kier molecular flexibility index (Phi) is 7.08. The van der Waals surface area contributed by atoms with Gasteiger partial charge in [0.25, 0.3) is 5.91 Å². The van der Waals surface area contributed by atoms with Crippen molar-refractivity contribution >= 4 is 5.91 Å². The smallest absolute Gasteiger partial charge is 0.269 e. The summed E-state index contributed by atoms with van der Waals surface area (Å²) >= 11 is 0. The van der Waals surface area contributed by atoms with Gasteiger partial charge in [0.2, 0.25) is 5.95 Å². The van der Waals surface area contributed by atoms with Gasteiger partial charge < -0.3 is 5.32 Å². The highest BCUT2D eigenvalue weighted by molar-refractivity contribution is 5.92. The fourth-order valence-electron chi connectivity index (χ4n) is 1.86. The minimum Gasteiger partial charge on any atom is -0.351 e. The van der Waals surface area contributed by atoms with Gasteiger partial charge >= 0.3 is 0 Å². The molecule has 1 heterocycles. The van der Waals surface area contributed by atoms with Crippen molar-refractivity contribution in [1.82, 2.24) is 10.3 Å². The Labute approximate surface area is 114 Å². The molecule has 0 aliphatic carbocycles. The molecule has 0 aliphatic heterocycles. The van der Waals surface area contributed by atoms with Crippen LogP contribution < -0.4 is 5.32 Å². The lowest BCUT2D eigenvalue weighted by Crippen LogP contribution is -2.25. The summed E-state index contributed by atoms with van der Waals surface area (Å²) < 4.78 is 12.8. The number of rotatable bonds is 8. The summed E-state index contributed by atoms with van der Waals surface area (Å²) in [4.78, 5) is 15.2. The number of aromatic nitrogens is 1. The number of unbranched alkanes of at least 4 members (excludes halogenated alkanes) is 3. The molecule has 1 N–H and O–H groups in total. The second kappa shape index (κ2) is 8.62. The highest BCUT2D eigenvalue weighted by Gasteiger charge is 2.06. The van der Waals surface area contributed by atoms with Crippen LogP contribution in [0.25, 0.3) is 0 Å². The number of hydrogen-bond donors (Lipinski definition) is 1. The number of nitrogens with zero attached hydrogens (tertiary/aromatic N) is 1. The third-order valence-electron chi connectivity index (χ3n) is 2.94. The van der Waals surface area contributed by atoms with Crippen LogP contribution >= 0.6 is 0 Å². The fourth-order valence-corrected chi connectivity index (χ4v) is 1.86. The Balaban J connectivity index is 2.11. The number of carbonyl (C=O) groups excluding carboxylic acids is 1. The molecule has 4 heteroatoms. The van der Waals surface area contributed by atoms with Crippen molar-refractivity contribution in [2.24, 2.45) is 5.92 Å². The number of hydrogen-bond acceptors (Lipinski definition) is 2. The minimum absolute atomic E-state index is 0.139. The van der Waals surface area contributed by atoms with Crippen molar-refractivity contribution in [3.05, 3.63) is 29.8 Å². The van der Waals surface area contributed by atoms with Gasteiger partial charge in [-0.3, -0.25) is 4.79 Å². The van der Waals surface area contributed by atoms with Crippen LogP contribution in [0.2, 0.25) is 0 Å². The molecule has 1 amide bonds. The Morgan fingerprint density at radius 1 is 1.26 bits per heavy atom. The largest absolute Gasteiger partial charge is 0.351 e. The van der Waals surface area contributed by atoms with E-state index in [2.05, 4.69) is 24.1 Å². The molecule has 3 nitrogen and oxygen atoms in total. The van der Waals surface area contributed by atoms with Crippen LogP contribution in [-0.4, -0.2) is 17.4 Å². The second-order valence-electron chi connectivity index (χ2n) is 5.20. The number of carbonyl (C=O) groups is 1. The topological polar surface area (TPSA) is 42.0 Å². The van der Waals surface area contributed by atoms with Crippen molar-refractivity contribution < 1.29 is 9.18 Å². The molecule has 1 aromatic rings. The Morgan fingerprint density at radius 2 is 2.00 bits per heavy atom. The van der Waals surface area contributed by atoms with Crippen LogP contribution in [0, 0.1) is 11.9 Å². The SMILES string of the molecule is CC(C)CCCCCCNC(=O)c1cccc(F)n1. The van der Waals surface area contributed by atoms with Gasteiger partial charge in [0.15, 0.2) is 0 Å². The Morgan fingerprint density at radius 3 is 2.68 bits per heavy atom. The highest BCUT2D eigenvalue weighted by Crippen LogP contribution is 2.09. The van der Waals surface area contributed by atoms with Crippen molar-refractivity contribution in [2.45, 2.75) is 46.0 Å². The lowest BCUT2D eigenvalue weighted by Gasteiger charge is -2.06. The summed E-state index contributed by atoms with van der Waals surface area (Å²) in [5.41, 5.74) is 0.139. The molecule has 0 aromatic carbocycles. The molecule has 0 bridgehead atoms. The van der Waals surface area contributed by atoms with E-state index in [9.17, 15) is 9.18 Å². The maximum absolute atomic E-state index is 12.8. The minimum atomic E-state index is -0.624. The standard InChI is InChI=1S/C15H23FN2O/c1-12(2)8-5-3-4-6-11-17-15(19)13-9-7-10-14(16)18-13/h7,9-10,12H,3-6,8,11H2,1-2H3,(H,17,19). The maximum atomic E-state index is 12.8. The molecular weight excluding hydrogens is 243 g/mol. The van der Waals surface area contributed by atoms with Crippen molar-refractivity contribution in [1.29, 1.82) is 0 Å². The quantitative estimate of drug-likeness (QED) is 0.577. The predicted octanol–water partition coefficient (Wildman–Crippen LogP) is 3.56. The normalized spacial score (nSPS) is 10.7. The second-order valence-corrected chi connectivity index (χ2v) is 5.20. The van der Waals surface area contributed by atoms with E-state index in [-0.39, 0.29) is 11.6 Å². The molecular formula is C15H23FN2O. The zero-order valence-electron chi connectivity index (χ0n) is 11.8. The number of nitrogens with one attached hydrogen (secondary N) is 1. The van der Waals surface area contributed by atoms with E-state index in [1.54, 1.807) is 0 Å². The van der Waals surface area contributed by atoms with Crippen LogP contribution in [0.1, 0.15) is 56.4 Å². The molecule has 1 aromatic heterocycles. The summed E-state index contributed by atoms with van der Waals surface area (Å²) in [6.45, 7) is 5.08. The van der Waals surface area contributed by atoms with Crippen LogP contribution in [0.3, 0.4) is 0 Å². The molecule has 0 fully saturated rings. The molecule has 0 aliphatic rings. The first kappa shape index (κ1) is 15.6. The number of halogens is 1. The van der Waals surface area contributed by atoms with Gasteiger partial charge in [-0.25, -0.2) is 4.98 Å². The molecule has 0 saturated carbocycles. The van der Waals surface area contributed by atoms with Gasteiger partial charge in [-0.15, -0.1) is 0 Å². The summed E-state index contributed by atoms with van der Waals surface area (Å²) in [5, 5.41) is 2.76. The summed E-state index contributed by atoms with van der Waals surface area (Å²) in [7, 11) is 0. The summed E-state index contributed by atoms with van der Waals surface area (Å²) in [6.07, 6.45) is 5.78. The first-order chi connectivity index (χ1) is 9.09. The zero-order chi connectivity index (χ0) is 14.1. The molecule has 106 valence electrons. The maximum Gasteiger partial charge on any atom is 0.269 e. The lowest BCUT2D eigenvalue weighted by molar-refractivity contribution is 0.0947. The van der Waals surface area contributed by atoms with Crippen molar-refractivity contribution in [3.63, 3.8) is 0 Å². The average molecular weight is 266 g/mol. The van der Waals surface area contributed by atoms with Gasteiger partial charge in [0.1, 0.15) is 5.69 Å². The monoisotopic (exact) mass is 266 g/mol. The van der Waals surface area contributed by atoms with Crippen LogP contribution in [-0.2, 0) is 0 Å². The molecule has 0 radical (unpaired) electrons. The van der Waals surface area contributed by atoms with E-state index in [1.165, 1.54) is 37.5 Å². The van der Waals surface area contributed by atoms with E-state index in [1.807, 2.05) is 0 Å². The summed E-state index contributed by atoms with van der Waals surface area (Å²) in [6, 6.07) is 4.23. The van der Waals surface area contributed by atoms with Crippen molar-refractivity contribution in [2.75, 3.05) is 6.54 Å².